The Hall–Kier alpha value is -0.350. The Kier molecular flexibility index (Phi) is 3.29. The van der Waals surface area contributed by atoms with Crippen LogP contribution in [0.15, 0.2) is 18.2 Å². The zero-order chi connectivity index (χ0) is 9.14. The van der Waals surface area contributed by atoms with Gasteiger partial charge in [0, 0.05) is 9.26 Å². The molecule has 2 N–H and O–H groups in total. The Morgan fingerprint density at radius 2 is 2.25 bits per heavy atom. The second-order valence-electron chi connectivity index (χ2n) is 2.14. The normalized spacial score (nSPS) is 9.50. The molecular formula is C7H7INO2P. The van der Waals surface area contributed by atoms with Crippen LogP contribution < -0.4 is 5.73 Å². The van der Waals surface area contributed by atoms with Crippen molar-refractivity contribution in [1.82, 2.24) is 0 Å². The van der Waals surface area contributed by atoms with Crippen LogP contribution in [0.25, 0.3) is 0 Å². The summed E-state index contributed by atoms with van der Waals surface area (Å²) in [7, 11) is 1.91. The molecular weight excluding hydrogens is 288 g/mol. The predicted molar refractivity (Wildman–Crippen MR) is 58.7 cm³/mol. The smallest absolute Gasteiger partial charge is 0.340 e. The second-order valence-corrected chi connectivity index (χ2v) is 3.54. The first-order valence-electron chi connectivity index (χ1n) is 3.11. The van der Waals surface area contributed by atoms with Crippen molar-refractivity contribution in [3.05, 3.63) is 27.3 Å². The van der Waals surface area contributed by atoms with Crippen LogP contribution >= 0.6 is 32.1 Å². The highest BCUT2D eigenvalue weighted by Gasteiger charge is 2.06. The maximum Gasteiger partial charge on any atom is 0.340 e. The fourth-order valence-electron chi connectivity index (χ4n) is 0.722. The third kappa shape index (κ3) is 2.08. The number of carbonyl (C=O) groups excluding carboxylic acids is 1. The molecule has 64 valence electrons. The molecule has 0 aliphatic carbocycles. The van der Waals surface area contributed by atoms with E-state index in [2.05, 4.69) is 27.1 Å². The molecule has 0 aliphatic heterocycles. The Labute approximate surface area is 86.1 Å². The predicted octanol–water partition coefficient (Wildman–Crippen LogP) is 1.82. The number of benzene rings is 1. The lowest BCUT2D eigenvalue weighted by Gasteiger charge is -2.01. The van der Waals surface area contributed by atoms with Gasteiger partial charge in [0.05, 0.1) is 15.0 Å². The lowest BCUT2D eigenvalue weighted by Crippen LogP contribution is -1.99. The average molecular weight is 295 g/mol. The number of carbonyl (C=O) groups is 1. The van der Waals surface area contributed by atoms with Crippen molar-refractivity contribution in [2.45, 2.75) is 0 Å². The molecule has 0 aliphatic rings. The molecule has 1 unspecified atom stereocenters. The van der Waals surface area contributed by atoms with E-state index in [0.29, 0.717) is 11.3 Å². The molecule has 12 heavy (non-hydrogen) atoms. The van der Waals surface area contributed by atoms with Gasteiger partial charge in [-0.25, -0.2) is 4.79 Å². The van der Waals surface area contributed by atoms with Crippen molar-refractivity contribution in [1.29, 1.82) is 0 Å². The molecule has 3 nitrogen and oxygen atoms in total. The molecule has 0 saturated carbocycles. The van der Waals surface area contributed by atoms with Gasteiger partial charge in [0.25, 0.3) is 0 Å². The zero-order valence-electron chi connectivity index (χ0n) is 6.08. The minimum Gasteiger partial charge on any atom is -0.448 e. The highest BCUT2D eigenvalue weighted by molar-refractivity contribution is 14.1. The summed E-state index contributed by atoms with van der Waals surface area (Å²) in [5.41, 5.74) is 6.73. The summed E-state index contributed by atoms with van der Waals surface area (Å²) in [4.78, 5) is 11.0. The van der Waals surface area contributed by atoms with Gasteiger partial charge in [-0.15, -0.1) is 0 Å². The van der Waals surface area contributed by atoms with Gasteiger partial charge in [0.15, 0.2) is 0 Å². The van der Waals surface area contributed by atoms with E-state index in [-0.39, 0.29) is 5.97 Å². The number of halogens is 1. The molecule has 0 saturated heterocycles. The van der Waals surface area contributed by atoms with Crippen molar-refractivity contribution >= 4 is 43.7 Å². The van der Waals surface area contributed by atoms with Gasteiger partial charge in [-0.3, -0.25) is 0 Å². The van der Waals surface area contributed by atoms with Crippen LogP contribution in [-0.4, -0.2) is 5.97 Å². The SMILES string of the molecule is Nc1ccc(C(=O)OP)cc1I. The minimum absolute atomic E-state index is 0.377. The van der Waals surface area contributed by atoms with Crippen LogP contribution in [0.3, 0.4) is 0 Å². The lowest BCUT2D eigenvalue weighted by atomic mass is 10.2. The Morgan fingerprint density at radius 1 is 1.58 bits per heavy atom. The summed E-state index contributed by atoms with van der Waals surface area (Å²) in [5, 5.41) is 0. The highest BCUT2D eigenvalue weighted by atomic mass is 127. The van der Waals surface area contributed by atoms with E-state index in [0.717, 1.165) is 3.57 Å². The van der Waals surface area contributed by atoms with Gasteiger partial charge in [-0.05, 0) is 40.8 Å². The van der Waals surface area contributed by atoms with Crippen LogP contribution in [0.5, 0.6) is 0 Å². The molecule has 1 aromatic carbocycles. The Bertz CT molecular complexity index is 316. The third-order valence-corrected chi connectivity index (χ3v) is 2.49. The van der Waals surface area contributed by atoms with Crippen molar-refractivity contribution in [3.63, 3.8) is 0 Å². The van der Waals surface area contributed by atoms with Crippen molar-refractivity contribution in [3.8, 4) is 0 Å². The van der Waals surface area contributed by atoms with E-state index in [1.807, 2.05) is 9.47 Å². The summed E-state index contributed by atoms with van der Waals surface area (Å²) >= 11 is 2.06. The first-order chi connectivity index (χ1) is 5.65. The number of nitrogens with two attached hydrogens (primary N) is 1. The minimum atomic E-state index is -0.377. The van der Waals surface area contributed by atoms with E-state index in [4.69, 9.17) is 5.73 Å². The number of hydrogen-bond donors (Lipinski definition) is 1. The molecule has 0 spiro atoms. The molecule has 1 aromatic rings. The maximum atomic E-state index is 11.0. The van der Waals surface area contributed by atoms with Gasteiger partial charge >= 0.3 is 5.97 Å². The summed E-state index contributed by atoms with van der Waals surface area (Å²) in [6, 6.07) is 4.99. The summed E-state index contributed by atoms with van der Waals surface area (Å²) in [6.07, 6.45) is 0. The summed E-state index contributed by atoms with van der Waals surface area (Å²) in [6.45, 7) is 0. The van der Waals surface area contributed by atoms with Gasteiger partial charge in [0.2, 0.25) is 0 Å². The van der Waals surface area contributed by atoms with Crippen molar-refractivity contribution in [2.24, 2.45) is 0 Å². The van der Waals surface area contributed by atoms with Crippen LogP contribution in [0.2, 0.25) is 0 Å². The number of anilines is 1. The van der Waals surface area contributed by atoms with E-state index < -0.39 is 0 Å². The Balaban J connectivity index is 3.05. The van der Waals surface area contributed by atoms with Crippen LogP contribution in [0, 0.1) is 3.57 Å². The topological polar surface area (TPSA) is 52.3 Å². The molecule has 1 atom stereocenters. The quantitative estimate of drug-likeness (QED) is 0.488. The fraction of sp³-hybridized carbons (Fsp3) is 0. The first kappa shape index (κ1) is 9.74. The third-order valence-electron chi connectivity index (χ3n) is 1.34. The number of hydrogen-bond acceptors (Lipinski definition) is 3. The molecule has 0 radical (unpaired) electrons. The van der Waals surface area contributed by atoms with Crippen molar-refractivity contribution in [2.75, 3.05) is 5.73 Å². The van der Waals surface area contributed by atoms with E-state index in [9.17, 15) is 4.79 Å². The fourth-order valence-corrected chi connectivity index (χ4v) is 1.37. The van der Waals surface area contributed by atoms with E-state index in [1.54, 1.807) is 18.2 Å². The Morgan fingerprint density at radius 3 is 2.75 bits per heavy atom. The van der Waals surface area contributed by atoms with E-state index in [1.165, 1.54) is 0 Å². The van der Waals surface area contributed by atoms with Gasteiger partial charge in [-0.2, -0.15) is 0 Å². The van der Waals surface area contributed by atoms with Gasteiger partial charge in [0.1, 0.15) is 0 Å². The molecule has 0 aromatic heterocycles. The van der Waals surface area contributed by atoms with Crippen molar-refractivity contribution < 1.29 is 9.32 Å². The molecule has 0 bridgehead atoms. The summed E-state index contributed by atoms with van der Waals surface area (Å²) in [5.74, 6) is -0.377. The monoisotopic (exact) mass is 295 g/mol. The molecule has 0 amide bonds. The van der Waals surface area contributed by atoms with Gasteiger partial charge < -0.3 is 10.3 Å². The van der Waals surface area contributed by atoms with Crippen LogP contribution in [0.4, 0.5) is 5.69 Å². The highest BCUT2D eigenvalue weighted by Crippen LogP contribution is 2.17. The first-order valence-corrected chi connectivity index (χ1v) is 4.66. The zero-order valence-corrected chi connectivity index (χ0v) is 9.39. The molecule has 1 rings (SSSR count). The van der Waals surface area contributed by atoms with Crippen LogP contribution in [-0.2, 0) is 4.52 Å². The lowest BCUT2D eigenvalue weighted by molar-refractivity contribution is 0.0765. The maximum absolute atomic E-state index is 11.0. The largest absolute Gasteiger partial charge is 0.448 e. The molecule has 0 heterocycles. The standard InChI is InChI=1S/C7H7INO2P/c8-5-3-4(7(10)11-12)1-2-6(5)9/h1-3H,9,12H2. The van der Waals surface area contributed by atoms with E-state index >= 15 is 0 Å². The summed E-state index contributed by atoms with van der Waals surface area (Å²) < 4.78 is 5.31. The number of nitrogen functional groups attached to an aromatic ring is 1. The second kappa shape index (κ2) is 4.05. The van der Waals surface area contributed by atoms with Gasteiger partial charge in [-0.1, -0.05) is 0 Å². The molecule has 0 fully saturated rings. The molecule has 5 heteroatoms. The van der Waals surface area contributed by atoms with Crippen LogP contribution in [0.1, 0.15) is 10.4 Å². The average Bonchev–Trinajstić information content (AvgIpc) is 2.08. The number of rotatable bonds is 1.